The van der Waals surface area contributed by atoms with E-state index in [0.717, 1.165) is 37.7 Å². The molecule has 0 spiro atoms. The molecule has 0 bridgehead atoms. The van der Waals surface area contributed by atoms with E-state index >= 15 is 0 Å². The van der Waals surface area contributed by atoms with Crippen molar-refractivity contribution >= 4 is 17.7 Å². The van der Waals surface area contributed by atoms with E-state index < -0.39 is 0 Å². The van der Waals surface area contributed by atoms with Gasteiger partial charge in [-0.25, -0.2) is 4.39 Å². The van der Waals surface area contributed by atoms with Gasteiger partial charge >= 0.3 is 0 Å². The summed E-state index contributed by atoms with van der Waals surface area (Å²) in [6, 6.07) is 6.42. The van der Waals surface area contributed by atoms with E-state index in [-0.39, 0.29) is 17.0 Å². The lowest BCUT2D eigenvalue weighted by molar-refractivity contribution is -0.132. The summed E-state index contributed by atoms with van der Waals surface area (Å²) in [5.41, 5.74) is 0.825. The van der Waals surface area contributed by atoms with Crippen LogP contribution >= 0.6 is 11.8 Å². The van der Waals surface area contributed by atoms with Crippen molar-refractivity contribution in [1.29, 1.82) is 0 Å². The molecule has 2 saturated heterocycles. The van der Waals surface area contributed by atoms with Gasteiger partial charge in [-0.3, -0.25) is 14.3 Å². The smallest absolute Gasteiger partial charge is 0.235 e. The molecule has 0 radical (unpaired) electrons. The third kappa shape index (κ3) is 5.52. The zero-order chi connectivity index (χ0) is 22.7. The zero-order valence-electron chi connectivity index (χ0n) is 19.3. The Hall–Kier alpha value is -1.93. The highest BCUT2D eigenvalue weighted by Crippen LogP contribution is 2.29. The molecule has 0 unspecified atom stereocenters. The van der Waals surface area contributed by atoms with Gasteiger partial charge in [0.05, 0.1) is 11.8 Å². The van der Waals surface area contributed by atoms with Crippen LogP contribution in [0, 0.1) is 17.7 Å². The van der Waals surface area contributed by atoms with E-state index in [4.69, 9.17) is 0 Å². The van der Waals surface area contributed by atoms with Gasteiger partial charge < -0.3 is 4.90 Å². The van der Waals surface area contributed by atoms with Crippen LogP contribution in [0.25, 0.3) is 5.69 Å². The van der Waals surface area contributed by atoms with Crippen molar-refractivity contribution in [3.63, 3.8) is 0 Å². The Labute approximate surface area is 194 Å². The minimum atomic E-state index is -0.273. The number of rotatable bonds is 6. The van der Waals surface area contributed by atoms with Gasteiger partial charge in [0.1, 0.15) is 5.82 Å². The zero-order valence-corrected chi connectivity index (χ0v) is 20.2. The average Bonchev–Trinajstić information content (AvgIpc) is 3.15. The SMILES string of the molecule is C[C@@H]1C[C@@H](C)CN(C(=O)[C@@H](C)Sc2nnc(CN3CCCCC3)n2-c2ccc(F)cc2)C1. The average molecular weight is 460 g/mol. The van der Waals surface area contributed by atoms with Crippen molar-refractivity contribution in [3.8, 4) is 5.69 Å². The van der Waals surface area contributed by atoms with Crippen molar-refractivity contribution in [2.45, 2.75) is 63.4 Å². The second-order valence-electron chi connectivity index (χ2n) is 9.50. The van der Waals surface area contributed by atoms with Gasteiger partial charge in [0.2, 0.25) is 5.91 Å². The third-order valence-electron chi connectivity index (χ3n) is 6.41. The number of thioether (sulfide) groups is 1. The highest BCUT2D eigenvalue weighted by Gasteiger charge is 2.30. The lowest BCUT2D eigenvalue weighted by atomic mass is 9.92. The minimum absolute atomic E-state index is 0.152. The lowest BCUT2D eigenvalue weighted by Crippen LogP contribution is -2.45. The van der Waals surface area contributed by atoms with Crippen molar-refractivity contribution < 1.29 is 9.18 Å². The van der Waals surface area contributed by atoms with Crippen LogP contribution in [-0.2, 0) is 11.3 Å². The van der Waals surface area contributed by atoms with E-state index in [1.807, 2.05) is 16.4 Å². The van der Waals surface area contributed by atoms with E-state index in [9.17, 15) is 9.18 Å². The molecule has 3 atom stereocenters. The molecule has 0 saturated carbocycles. The molecule has 3 heterocycles. The molecule has 1 aromatic heterocycles. The van der Waals surface area contributed by atoms with Crippen LogP contribution in [0.2, 0.25) is 0 Å². The number of nitrogens with zero attached hydrogens (tertiary/aromatic N) is 5. The number of hydrogen-bond acceptors (Lipinski definition) is 5. The van der Waals surface area contributed by atoms with Crippen LogP contribution in [-0.4, -0.2) is 61.9 Å². The standard InChI is InChI=1S/C24H34FN5OS/c1-17-13-18(2)15-29(14-17)23(31)19(3)32-24-27-26-22(16-28-11-5-4-6-12-28)30(24)21-9-7-20(25)8-10-21/h7-10,17-19H,4-6,11-16H2,1-3H3/t17-,18-,19-/m1/s1. The van der Waals surface area contributed by atoms with Gasteiger partial charge in [0.15, 0.2) is 11.0 Å². The van der Waals surface area contributed by atoms with Gasteiger partial charge in [-0.15, -0.1) is 10.2 Å². The number of hydrogen-bond donors (Lipinski definition) is 0. The first kappa shape index (κ1) is 23.2. The first-order chi connectivity index (χ1) is 15.4. The van der Waals surface area contributed by atoms with Crippen LogP contribution in [0.5, 0.6) is 0 Å². The number of aromatic nitrogens is 3. The number of amides is 1. The van der Waals surface area contributed by atoms with Gasteiger partial charge in [0.25, 0.3) is 0 Å². The predicted octanol–water partition coefficient (Wildman–Crippen LogP) is 4.38. The van der Waals surface area contributed by atoms with Crippen LogP contribution < -0.4 is 0 Å². The predicted molar refractivity (Wildman–Crippen MR) is 125 cm³/mol. The monoisotopic (exact) mass is 459 g/mol. The number of piperidine rings is 2. The van der Waals surface area contributed by atoms with Crippen molar-refractivity contribution in [2.24, 2.45) is 11.8 Å². The fourth-order valence-corrected chi connectivity index (χ4v) is 5.92. The largest absolute Gasteiger partial charge is 0.341 e. The number of carbonyl (C=O) groups excluding carboxylic acids is 1. The fraction of sp³-hybridized carbons (Fsp3) is 0.625. The second kappa shape index (κ2) is 10.3. The number of likely N-dealkylation sites (tertiary alicyclic amines) is 2. The number of carbonyl (C=O) groups is 1. The fourth-order valence-electron chi connectivity index (χ4n) is 4.95. The Kier molecular flexibility index (Phi) is 7.51. The molecule has 6 nitrogen and oxygen atoms in total. The summed E-state index contributed by atoms with van der Waals surface area (Å²) < 4.78 is 15.6. The summed E-state index contributed by atoms with van der Waals surface area (Å²) >= 11 is 1.44. The number of benzene rings is 1. The molecule has 1 aromatic carbocycles. The maximum atomic E-state index is 13.6. The molecular weight excluding hydrogens is 425 g/mol. The molecule has 0 N–H and O–H groups in total. The summed E-state index contributed by atoms with van der Waals surface area (Å²) in [5, 5.41) is 9.37. The van der Waals surface area contributed by atoms with E-state index in [1.54, 1.807) is 12.1 Å². The summed E-state index contributed by atoms with van der Waals surface area (Å²) in [7, 11) is 0. The van der Waals surface area contributed by atoms with Gasteiger partial charge in [-0.2, -0.15) is 0 Å². The summed E-state index contributed by atoms with van der Waals surface area (Å²) in [5.74, 6) is 1.77. The number of halogens is 1. The molecule has 1 amide bonds. The Bertz CT molecular complexity index is 902. The molecule has 0 aliphatic carbocycles. The first-order valence-corrected chi connectivity index (χ1v) is 12.7. The summed E-state index contributed by atoms with van der Waals surface area (Å²) in [4.78, 5) is 17.6. The molecule has 2 fully saturated rings. The first-order valence-electron chi connectivity index (χ1n) is 11.8. The Morgan fingerprint density at radius 2 is 1.75 bits per heavy atom. The van der Waals surface area contributed by atoms with Crippen LogP contribution in [0.4, 0.5) is 4.39 Å². The van der Waals surface area contributed by atoms with Gasteiger partial charge in [0, 0.05) is 18.8 Å². The summed E-state index contributed by atoms with van der Waals surface area (Å²) in [6.07, 6.45) is 4.84. The molecule has 2 aromatic rings. The Morgan fingerprint density at radius 3 is 2.41 bits per heavy atom. The molecule has 2 aliphatic rings. The molecule has 174 valence electrons. The van der Waals surface area contributed by atoms with Gasteiger partial charge in [-0.05, 0) is 75.4 Å². The maximum Gasteiger partial charge on any atom is 0.235 e. The van der Waals surface area contributed by atoms with Crippen LogP contribution in [0.15, 0.2) is 29.4 Å². The topological polar surface area (TPSA) is 54.3 Å². The second-order valence-corrected chi connectivity index (χ2v) is 10.8. The van der Waals surface area contributed by atoms with E-state index in [2.05, 4.69) is 28.9 Å². The normalized spacial score (nSPS) is 23.3. The molecule has 32 heavy (non-hydrogen) atoms. The third-order valence-corrected chi connectivity index (χ3v) is 7.44. The van der Waals surface area contributed by atoms with Crippen LogP contribution in [0.1, 0.15) is 52.3 Å². The van der Waals surface area contributed by atoms with Crippen molar-refractivity contribution in [1.82, 2.24) is 24.6 Å². The Balaban J connectivity index is 1.55. The van der Waals surface area contributed by atoms with Gasteiger partial charge in [-0.1, -0.05) is 32.0 Å². The summed E-state index contributed by atoms with van der Waals surface area (Å²) in [6.45, 7) is 10.8. The highest BCUT2D eigenvalue weighted by molar-refractivity contribution is 8.00. The molecule has 4 rings (SSSR count). The van der Waals surface area contributed by atoms with Crippen LogP contribution in [0.3, 0.4) is 0 Å². The molecule has 8 heteroatoms. The quantitative estimate of drug-likeness (QED) is 0.600. The molecular formula is C24H34FN5OS. The highest BCUT2D eigenvalue weighted by atomic mass is 32.2. The Morgan fingerprint density at radius 1 is 1.09 bits per heavy atom. The molecule has 2 aliphatic heterocycles. The lowest BCUT2D eigenvalue weighted by Gasteiger charge is -2.36. The van der Waals surface area contributed by atoms with E-state index in [1.165, 1.54) is 49.6 Å². The van der Waals surface area contributed by atoms with Crippen molar-refractivity contribution in [2.75, 3.05) is 26.2 Å². The maximum absolute atomic E-state index is 13.6. The van der Waals surface area contributed by atoms with E-state index in [0.29, 0.717) is 23.5 Å². The minimum Gasteiger partial charge on any atom is -0.341 e. The van der Waals surface area contributed by atoms with Crippen molar-refractivity contribution in [3.05, 3.63) is 35.9 Å².